The van der Waals surface area contributed by atoms with Gasteiger partial charge in [0.25, 0.3) is 0 Å². The van der Waals surface area contributed by atoms with Gasteiger partial charge in [-0.1, -0.05) is 13.8 Å². The average molecular weight is 160 g/mol. The number of methoxy groups -OCH3 is 1. The molecule has 11 heavy (non-hydrogen) atoms. The van der Waals surface area contributed by atoms with Gasteiger partial charge < -0.3 is 14.6 Å². The number of aliphatic hydroxyl groups is 1. The van der Waals surface area contributed by atoms with E-state index in [0.29, 0.717) is 12.5 Å². The summed E-state index contributed by atoms with van der Waals surface area (Å²) >= 11 is 0. The molecule has 0 aromatic heterocycles. The fourth-order valence-electron chi connectivity index (χ4n) is 1.29. The van der Waals surface area contributed by atoms with Crippen molar-refractivity contribution in [2.45, 2.75) is 26.2 Å². The summed E-state index contributed by atoms with van der Waals surface area (Å²) in [4.78, 5) is 0. The molecule has 1 saturated heterocycles. The van der Waals surface area contributed by atoms with Crippen LogP contribution in [0.3, 0.4) is 0 Å². The van der Waals surface area contributed by atoms with Crippen LogP contribution in [0.2, 0.25) is 0 Å². The number of hydrogen-bond acceptors (Lipinski definition) is 3. The molecule has 1 aliphatic heterocycles. The highest BCUT2D eigenvalue weighted by Gasteiger charge is 2.34. The third-order valence-electron chi connectivity index (χ3n) is 2.47. The highest BCUT2D eigenvalue weighted by molar-refractivity contribution is 4.77. The predicted molar refractivity (Wildman–Crippen MR) is 41.1 cm³/mol. The lowest BCUT2D eigenvalue weighted by atomic mass is 9.89. The Hall–Kier alpha value is -0.120. The monoisotopic (exact) mass is 160 g/mol. The molecule has 1 rings (SSSR count). The largest absolute Gasteiger partial charge is 0.388 e. The maximum absolute atomic E-state index is 9.56. The number of aliphatic hydroxyl groups excluding tert-OH is 1. The van der Waals surface area contributed by atoms with Crippen LogP contribution in [0.25, 0.3) is 0 Å². The summed E-state index contributed by atoms with van der Waals surface area (Å²) < 4.78 is 10.2. The molecule has 0 bridgehead atoms. The minimum atomic E-state index is -0.483. The molecule has 1 fully saturated rings. The molecule has 0 aliphatic carbocycles. The van der Waals surface area contributed by atoms with Gasteiger partial charge in [0.15, 0.2) is 6.29 Å². The van der Waals surface area contributed by atoms with E-state index in [1.54, 1.807) is 7.11 Å². The Morgan fingerprint density at radius 3 is 2.64 bits per heavy atom. The van der Waals surface area contributed by atoms with Crippen LogP contribution >= 0.6 is 0 Å². The first kappa shape index (κ1) is 8.97. The standard InChI is InChI=1S/C8H16O3/c1-5-4-11-8(10-3)7(9)6(5)2/h5-9H,4H2,1-3H3. The van der Waals surface area contributed by atoms with Crippen LogP contribution in [-0.2, 0) is 9.47 Å². The van der Waals surface area contributed by atoms with Gasteiger partial charge in [-0.15, -0.1) is 0 Å². The van der Waals surface area contributed by atoms with Gasteiger partial charge in [0.2, 0.25) is 0 Å². The van der Waals surface area contributed by atoms with Gasteiger partial charge in [-0.05, 0) is 11.8 Å². The number of rotatable bonds is 1. The van der Waals surface area contributed by atoms with Crippen molar-refractivity contribution in [3.05, 3.63) is 0 Å². The third-order valence-corrected chi connectivity index (χ3v) is 2.47. The fraction of sp³-hybridized carbons (Fsp3) is 1.00. The van der Waals surface area contributed by atoms with Crippen molar-refractivity contribution in [2.75, 3.05) is 13.7 Å². The van der Waals surface area contributed by atoms with Crippen LogP contribution in [0.5, 0.6) is 0 Å². The van der Waals surface area contributed by atoms with E-state index < -0.39 is 12.4 Å². The molecule has 0 amide bonds. The molecule has 4 atom stereocenters. The second-order valence-electron chi connectivity index (χ2n) is 3.26. The molecule has 66 valence electrons. The first-order chi connectivity index (χ1) is 5.16. The quantitative estimate of drug-likeness (QED) is 0.611. The Morgan fingerprint density at radius 2 is 2.09 bits per heavy atom. The first-order valence-electron chi connectivity index (χ1n) is 3.99. The molecular weight excluding hydrogens is 144 g/mol. The highest BCUT2D eigenvalue weighted by atomic mass is 16.7. The normalized spacial score (nSPS) is 45.8. The van der Waals surface area contributed by atoms with Gasteiger partial charge in [0.1, 0.15) is 6.10 Å². The summed E-state index contributed by atoms with van der Waals surface area (Å²) in [5.74, 6) is 0.671. The lowest BCUT2D eigenvalue weighted by Crippen LogP contribution is -2.45. The highest BCUT2D eigenvalue weighted by Crippen LogP contribution is 2.25. The van der Waals surface area contributed by atoms with Gasteiger partial charge in [0.05, 0.1) is 6.61 Å². The molecule has 1 N–H and O–H groups in total. The second-order valence-corrected chi connectivity index (χ2v) is 3.26. The van der Waals surface area contributed by atoms with Crippen molar-refractivity contribution in [2.24, 2.45) is 11.8 Å². The zero-order chi connectivity index (χ0) is 8.43. The molecule has 0 spiro atoms. The molecule has 3 nitrogen and oxygen atoms in total. The van der Waals surface area contributed by atoms with Crippen molar-refractivity contribution >= 4 is 0 Å². The summed E-state index contributed by atoms with van der Waals surface area (Å²) in [6.45, 7) is 4.76. The zero-order valence-corrected chi connectivity index (χ0v) is 7.28. The Balaban J connectivity index is 2.52. The van der Waals surface area contributed by atoms with E-state index in [1.165, 1.54) is 0 Å². The minimum absolute atomic E-state index is 0.258. The van der Waals surface area contributed by atoms with Gasteiger partial charge >= 0.3 is 0 Å². The van der Waals surface area contributed by atoms with Crippen LogP contribution < -0.4 is 0 Å². The molecule has 3 heteroatoms. The first-order valence-corrected chi connectivity index (χ1v) is 3.99. The summed E-state index contributed by atoms with van der Waals surface area (Å²) in [7, 11) is 1.55. The van der Waals surface area contributed by atoms with Crippen LogP contribution in [-0.4, -0.2) is 31.2 Å². The Morgan fingerprint density at radius 1 is 1.45 bits per heavy atom. The summed E-state index contributed by atoms with van der Waals surface area (Å²) in [6.07, 6.45) is -0.912. The van der Waals surface area contributed by atoms with Crippen molar-refractivity contribution in [1.29, 1.82) is 0 Å². The van der Waals surface area contributed by atoms with E-state index >= 15 is 0 Å². The van der Waals surface area contributed by atoms with E-state index in [-0.39, 0.29) is 5.92 Å². The summed E-state index contributed by atoms with van der Waals surface area (Å²) in [5.41, 5.74) is 0. The Kier molecular flexibility index (Phi) is 2.87. The van der Waals surface area contributed by atoms with Crippen LogP contribution in [0.1, 0.15) is 13.8 Å². The van der Waals surface area contributed by atoms with Gasteiger partial charge in [-0.2, -0.15) is 0 Å². The van der Waals surface area contributed by atoms with E-state index in [9.17, 15) is 5.11 Å². The van der Waals surface area contributed by atoms with Crippen molar-refractivity contribution < 1.29 is 14.6 Å². The van der Waals surface area contributed by atoms with Crippen molar-refractivity contribution in [1.82, 2.24) is 0 Å². The lowest BCUT2D eigenvalue weighted by Gasteiger charge is -2.36. The van der Waals surface area contributed by atoms with E-state index in [0.717, 1.165) is 0 Å². The zero-order valence-electron chi connectivity index (χ0n) is 7.28. The molecule has 4 unspecified atom stereocenters. The van der Waals surface area contributed by atoms with E-state index in [1.807, 2.05) is 6.92 Å². The third kappa shape index (κ3) is 1.72. The number of hydrogen-bond donors (Lipinski definition) is 1. The van der Waals surface area contributed by atoms with E-state index in [2.05, 4.69) is 6.92 Å². The maximum Gasteiger partial charge on any atom is 0.183 e. The second kappa shape index (κ2) is 3.52. The van der Waals surface area contributed by atoms with Crippen LogP contribution in [0.4, 0.5) is 0 Å². The molecule has 0 radical (unpaired) electrons. The van der Waals surface area contributed by atoms with Crippen molar-refractivity contribution in [3.63, 3.8) is 0 Å². The molecule has 0 saturated carbocycles. The molecule has 1 heterocycles. The molecule has 0 aromatic carbocycles. The minimum Gasteiger partial charge on any atom is -0.388 e. The Labute approximate surface area is 67.3 Å². The summed E-state index contributed by atoms with van der Waals surface area (Å²) in [6, 6.07) is 0. The number of ether oxygens (including phenoxy) is 2. The van der Waals surface area contributed by atoms with Crippen LogP contribution in [0, 0.1) is 11.8 Å². The van der Waals surface area contributed by atoms with E-state index in [4.69, 9.17) is 9.47 Å². The summed E-state index contributed by atoms with van der Waals surface area (Å²) in [5, 5.41) is 9.56. The van der Waals surface area contributed by atoms with Crippen LogP contribution in [0.15, 0.2) is 0 Å². The van der Waals surface area contributed by atoms with Crippen molar-refractivity contribution in [3.8, 4) is 0 Å². The fourth-order valence-corrected chi connectivity index (χ4v) is 1.29. The predicted octanol–water partition coefficient (Wildman–Crippen LogP) is 0.622. The molecule has 1 aliphatic rings. The maximum atomic E-state index is 9.56. The molecule has 0 aromatic rings. The Bertz CT molecular complexity index is 125. The van der Waals surface area contributed by atoms with Gasteiger partial charge in [-0.3, -0.25) is 0 Å². The topological polar surface area (TPSA) is 38.7 Å². The van der Waals surface area contributed by atoms with Gasteiger partial charge in [0, 0.05) is 7.11 Å². The average Bonchev–Trinajstić information content (AvgIpc) is 2.01. The van der Waals surface area contributed by atoms with Gasteiger partial charge in [-0.25, -0.2) is 0 Å². The smallest absolute Gasteiger partial charge is 0.183 e. The lowest BCUT2D eigenvalue weighted by molar-refractivity contribution is -0.231. The molecular formula is C8H16O3. The SMILES string of the molecule is COC1OCC(C)C(C)C1O.